The molecule has 156 valence electrons. The second-order valence-electron chi connectivity index (χ2n) is 7.57. The Labute approximate surface area is 183 Å². The normalized spacial score (nSPS) is 12.4. The van der Waals surface area contributed by atoms with Gasteiger partial charge in [0.25, 0.3) is 0 Å². The maximum absolute atomic E-state index is 6.20. The Hall–Kier alpha value is -0.870. The standard InChI is InChI=1S/C23H34BrClN2O/c1-2-3-4-5-6-7-8-9-10-11-12-13-17-20(24)23-27-26-22(28-23)19-16-14-15-18-21(19)25/h14-16,18,20H,2-13,17H2,1H3. The predicted octanol–water partition coefficient (Wildman–Crippen LogP) is 8.92. The summed E-state index contributed by atoms with van der Waals surface area (Å²) in [6, 6.07) is 7.54. The molecule has 3 nitrogen and oxygen atoms in total. The van der Waals surface area contributed by atoms with Crippen LogP contribution < -0.4 is 0 Å². The highest BCUT2D eigenvalue weighted by molar-refractivity contribution is 9.09. The molecule has 0 aliphatic rings. The van der Waals surface area contributed by atoms with Crippen LogP contribution in [-0.4, -0.2) is 10.2 Å². The lowest BCUT2D eigenvalue weighted by molar-refractivity contribution is 0.482. The largest absolute Gasteiger partial charge is 0.419 e. The molecule has 2 rings (SSSR count). The Balaban J connectivity index is 1.54. The first-order valence-corrected chi connectivity index (χ1v) is 12.2. The van der Waals surface area contributed by atoms with Gasteiger partial charge in [-0.1, -0.05) is 124 Å². The van der Waals surface area contributed by atoms with Crippen LogP contribution in [0.5, 0.6) is 0 Å². The van der Waals surface area contributed by atoms with E-state index in [4.69, 9.17) is 16.0 Å². The summed E-state index contributed by atoms with van der Waals surface area (Å²) in [7, 11) is 0. The molecule has 0 saturated carbocycles. The molecule has 0 bridgehead atoms. The fraction of sp³-hybridized carbons (Fsp3) is 0.652. The van der Waals surface area contributed by atoms with E-state index in [1.54, 1.807) is 0 Å². The summed E-state index contributed by atoms with van der Waals surface area (Å²) in [6.45, 7) is 2.28. The van der Waals surface area contributed by atoms with E-state index in [0.717, 1.165) is 12.0 Å². The number of alkyl halides is 1. The van der Waals surface area contributed by atoms with Gasteiger partial charge in [0.1, 0.15) is 0 Å². The topological polar surface area (TPSA) is 38.9 Å². The van der Waals surface area contributed by atoms with Gasteiger partial charge in [0.2, 0.25) is 11.8 Å². The molecule has 0 aliphatic carbocycles. The van der Waals surface area contributed by atoms with E-state index < -0.39 is 0 Å². The Bertz CT molecular complexity index is 662. The van der Waals surface area contributed by atoms with Crippen molar-refractivity contribution in [2.45, 2.75) is 95.2 Å². The Kier molecular flexibility index (Phi) is 11.8. The third-order valence-corrected chi connectivity index (χ3v) is 6.30. The fourth-order valence-corrected chi connectivity index (χ4v) is 4.12. The molecule has 2 aromatic rings. The summed E-state index contributed by atoms with van der Waals surface area (Å²) in [5, 5.41) is 8.96. The van der Waals surface area contributed by atoms with Gasteiger partial charge >= 0.3 is 0 Å². The zero-order valence-corrected chi connectivity index (χ0v) is 19.5. The molecule has 5 heteroatoms. The van der Waals surface area contributed by atoms with Gasteiger partial charge in [0.15, 0.2) is 0 Å². The van der Waals surface area contributed by atoms with Gasteiger partial charge in [-0.3, -0.25) is 0 Å². The summed E-state index contributed by atoms with van der Waals surface area (Å²) >= 11 is 9.89. The molecule has 1 unspecified atom stereocenters. The minimum atomic E-state index is 0.111. The molecule has 0 radical (unpaired) electrons. The maximum Gasteiger partial charge on any atom is 0.249 e. The van der Waals surface area contributed by atoms with Crippen molar-refractivity contribution in [2.75, 3.05) is 0 Å². The number of unbranched alkanes of at least 4 members (excludes halogenated alkanes) is 11. The maximum atomic E-state index is 6.20. The molecule has 0 N–H and O–H groups in total. The van der Waals surface area contributed by atoms with Crippen molar-refractivity contribution in [3.8, 4) is 11.5 Å². The van der Waals surface area contributed by atoms with Crippen LogP contribution in [0.3, 0.4) is 0 Å². The monoisotopic (exact) mass is 468 g/mol. The van der Waals surface area contributed by atoms with Crippen molar-refractivity contribution in [3.63, 3.8) is 0 Å². The molecule has 1 atom stereocenters. The Morgan fingerprint density at radius 1 is 0.857 bits per heavy atom. The molecule has 28 heavy (non-hydrogen) atoms. The van der Waals surface area contributed by atoms with Crippen LogP contribution >= 0.6 is 27.5 Å². The van der Waals surface area contributed by atoms with Gasteiger partial charge in [0, 0.05) is 0 Å². The van der Waals surface area contributed by atoms with Crippen LogP contribution in [0.4, 0.5) is 0 Å². The first-order valence-electron chi connectivity index (χ1n) is 10.9. The summed E-state index contributed by atoms with van der Waals surface area (Å²) in [4.78, 5) is 0.111. The molecule has 0 spiro atoms. The van der Waals surface area contributed by atoms with Gasteiger partial charge in [-0.15, -0.1) is 10.2 Å². The number of benzene rings is 1. The third-order valence-electron chi connectivity index (χ3n) is 5.12. The fourth-order valence-electron chi connectivity index (χ4n) is 3.39. The Morgan fingerprint density at radius 3 is 2.04 bits per heavy atom. The van der Waals surface area contributed by atoms with Gasteiger partial charge in [-0.25, -0.2) is 0 Å². The minimum absolute atomic E-state index is 0.111. The molecular formula is C23H34BrClN2O. The van der Waals surface area contributed by atoms with E-state index in [2.05, 4.69) is 33.1 Å². The van der Waals surface area contributed by atoms with Crippen molar-refractivity contribution in [1.29, 1.82) is 0 Å². The van der Waals surface area contributed by atoms with E-state index in [9.17, 15) is 0 Å². The molecule has 1 aromatic carbocycles. The average molecular weight is 470 g/mol. The summed E-state index contributed by atoms with van der Waals surface area (Å²) in [5.74, 6) is 1.12. The summed E-state index contributed by atoms with van der Waals surface area (Å²) in [6.07, 6.45) is 17.4. The van der Waals surface area contributed by atoms with Crippen LogP contribution in [0.1, 0.15) is 101 Å². The summed E-state index contributed by atoms with van der Waals surface area (Å²) in [5.41, 5.74) is 0.785. The average Bonchev–Trinajstić information content (AvgIpc) is 3.19. The molecule has 0 saturated heterocycles. The van der Waals surface area contributed by atoms with Gasteiger partial charge in [-0.2, -0.15) is 0 Å². The van der Waals surface area contributed by atoms with Crippen molar-refractivity contribution < 1.29 is 4.42 Å². The molecule has 0 aliphatic heterocycles. The number of aromatic nitrogens is 2. The molecular weight excluding hydrogens is 436 g/mol. The molecule has 1 heterocycles. The van der Waals surface area contributed by atoms with Crippen LogP contribution in [0.15, 0.2) is 28.7 Å². The quantitative estimate of drug-likeness (QED) is 0.193. The number of hydrogen-bond donors (Lipinski definition) is 0. The van der Waals surface area contributed by atoms with Gasteiger partial charge in [0.05, 0.1) is 15.4 Å². The highest BCUT2D eigenvalue weighted by Gasteiger charge is 2.17. The zero-order chi connectivity index (χ0) is 20.0. The third kappa shape index (κ3) is 8.65. The Morgan fingerprint density at radius 2 is 1.43 bits per heavy atom. The van der Waals surface area contributed by atoms with E-state index in [-0.39, 0.29) is 4.83 Å². The summed E-state index contributed by atoms with van der Waals surface area (Å²) < 4.78 is 5.82. The van der Waals surface area contributed by atoms with E-state index in [1.165, 1.54) is 77.0 Å². The predicted molar refractivity (Wildman–Crippen MR) is 122 cm³/mol. The molecule has 1 aromatic heterocycles. The highest BCUT2D eigenvalue weighted by Crippen LogP contribution is 2.32. The zero-order valence-electron chi connectivity index (χ0n) is 17.1. The smallest absolute Gasteiger partial charge is 0.249 e. The van der Waals surface area contributed by atoms with Crippen molar-refractivity contribution in [3.05, 3.63) is 35.2 Å². The minimum Gasteiger partial charge on any atom is -0.419 e. The van der Waals surface area contributed by atoms with Crippen molar-refractivity contribution in [2.24, 2.45) is 0 Å². The second-order valence-corrected chi connectivity index (χ2v) is 9.08. The molecule has 0 fully saturated rings. The number of hydrogen-bond acceptors (Lipinski definition) is 3. The first-order chi connectivity index (χ1) is 13.7. The number of rotatable bonds is 15. The lowest BCUT2D eigenvalue weighted by Crippen LogP contribution is -1.91. The SMILES string of the molecule is CCCCCCCCCCCCCCC(Br)c1nnc(-c2ccccc2Cl)o1. The van der Waals surface area contributed by atoms with Crippen molar-refractivity contribution >= 4 is 27.5 Å². The highest BCUT2D eigenvalue weighted by atomic mass is 79.9. The van der Waals surface area contributed by atoms with E-state index in [1.807, 2.05) is 24.3 Å². The number of nitrogens with zero attached hydrogens (tertiary/aromatic N) is 2. The van der Waals surface area contributed by atoms with Crippen LogP contribution in [0, 0.1) is 0 Å². The van der Waals surface area contributed by atoms with Crippen LogP contribution in [0.25, 0.3) is 11.5 Å². The molecule has 0 amide bonds. The first kappa shape index (κ1) is 23.4. The number of halogens is 2. The van der Waals surface area contributed by atoms with E-state index >= 15 is 0 Å². The lowest BCUT2D eigenvalue weighted by Gasteiger charge is -2.05. The van der Waals surface area contributed by atoms with Gasteiger partial charge < -0.3 is 4.42 Å². The van der Waals surface area contributed by atoms with Gasteiger partial charge in [-0.05, 0) is 18.6 Å². The van der Waals surface area contributed by atoms with Crippen LogP contribution in [0.2, 0.25) is 5.02 Å². The van der Waals surface area contributed by atoms with E-state index in [0.29, 0.717) is 16.8 Å². The van der Waals surface area contributed by atoms with Crippen molar-refractivity contribution in [1.82, 2.24) is 10.2 Å². The lowest BCUT2D eigenvalue weighted by atomic mass is 10.0. The van der Waals surface area contributed by atoms with Crippen LogP contribution in [-0.2, 0) is 0 Å². The second kappa shape index (κ2) is 14.2.